The van der Waals surface area contributed by atoms with Crippen molar-refractivity contribution in [3.63, 3.8) is 0 Å². The maximum Gasteiger partial charge on any atom is 0.323 e. The molecule has 0 heterocycles. The predicted octanol–water partition coefficient (Wildman–Crippen LogP) is 1.50. The van der Waals surface area contributed by atoms with Crippen molar-refractivity contribution in [2.75, 3.05) is 6.54 Å². The third-order valence-electron chi connectivity index (χ3n) is 4.52. The SMILES string of the molecule is O=C(O)CN(C(=O)C1C2CCCCC21)C1CC1. The van der Waals surface area contributed by atoms with Gasteiger partial charge in [-0.1, -0.05) is 12.8 Å². The highest BCUT2D eigenvalue weighted by Gasteiger charge is 2.57. The van der Waals surface area contributed by atoms with Gasteiger partial charge in [0.1, 0.15) is 6.54 Å². The molecule has 0 bridgehead atoms. The molecule has 94 valence electrons. The van der Waals surface area contributed by atoms with E-state index in [2.05, 4.69) is 0 Å². The van der Waals surface area contributed by atoms with Crippen LogP contribution in [0.2, 0.25) is 0 Å². The van der Waals surface area contributed by atoms with Gasteiger partial charge in [-0.15, -0.1) is 0 Å². The molecule has 3 fully saturated rings. The summed E-state index contributed by atoms with van der Waals surface area (Å²) in [6.45, 7) is -0.0978. The average molecular weight is 237 g/mol. The maximum atomic E-state index is 12.4. The zero-order chi connectivity index (χ0) is 12.0. The molecule has 0 radical (unpaired) electrons. The number of fused-ring (bicyclic) bond motifs is 1. The number of carboxylic acid groups (broad SMARTS) is 1. The molecule has 0 aromatic rings. The molecule has 0 saturated heterocycles. The molecule has 0 spiro atoms. The first-order valence-corrected chi connectivity index (χ1v) is 6.71. The number of amides is 1. The first kappa shape index (κ1) is 11.1. The Morgan fingerprint density at radius 2 is 1.65 bits per heavy atom. The van der Waals surface area contributed by atoms with E-state index in [1.165, 1.54) is 25.7 Å². The highest BCUT2D eigenvalue weighted by atomic mass is 16.4. The van der Waals surface area contributed by atoms with Gasteiger partial charge in [-0.05, 0) is 37.5 Å². The summed E-state index contributed by atoms with van der Waals surface area (Å²) in [5.41, 5.74) is 0. The highest BCUT2D eigenvalue weighted by Crippen LogP contribution is 2.56. The molecule has 1 amide bonds. The topological polar surface area (TPSA) is 57.6 Å². The van der Waals surface area contributed by atoms with Crippen molar-refractivity contribution in [3.05, 3.63) is 0 Å². The summed E-state index contributed by atoms with van der Waals surface area (Å²) in [6, 6.07) is 0.223. The molecule has 2 atom stereocenters. The van der Waals surface area contributed by atoms with Crippen LogP contribution in [0.3, 0.4) is 0 Å². The van der Waals surface area contributed by atoms with Gasteiger partial charge in [0.05, 0.1) is 0 Å². The Bertz CT molecular complexity index is 339. The summed E-state index contributed by atoms with van der Waals surface area (Å²) in [6.07, 6.45) is 6.81. The van der Waals surface area contributed by atoms with Crippen LogP contribution in [0.5, 0.6) is 0 Å². The van der Waals surface area contributed by atoms with Gasteiger partial charge in [0.2, 0.25) is 5.91 Å². The lowest BCUT2D eigenvalue weighted by atomic mass is 10.0. The smallest absolute Gasteiger partial charge is 0.323 e. The van der Waals surface area contributed by atoms with E-state index >= 15 is 0 Å². The van der Waals surface area contributed by atoms with Crippen molar-refractivity contribution in [2.45, 2.75) is 44.6 Å². The van der Waals surface area contributed by atoms with E-state index in [0.717, 1.165) is 12.8 Å². The highest BCUT2D eigenvalue weighted by molar-refractivity contribution is 5.86. The third-order valence-corrected chi connectivity index (χ3v) is 4.52. The van der Waals surface area contributed by atoms with Crippen LogP contribution in [0.25, 0.3) is 0 Å². The zero-order valence-electron chi connectivity index (χ0n) is 9.97. The Balaban J connectivity index is 1.65. The zero-order valence-corrected chi connectivity index (χ0v) is 9.97. The summed E-state index contributed by atoms with van der Waals surface area (Å²) < 4.78 is 0. The van der Waals surface area contributed by atoms with Gasteiger partial charge in [0, 0.05) is 12.0 Å². The second-order valence-corrected chi connectivity index (χ2v) is 5.73. The fourth-order valence-electron chi connectivity index (χ4n) is 3.47. The average Bonchev–Trinajstić information content (AvgIpc) is 3.17. The Labute approximate surface area is 101 Å². The van der Waals surface area contributed by atoms with Crippen LogP contribution < -0.4 is 0 Å². The lowest BCUT2D eigenvalue weighted by molar-refractivity contribution is -0.145. The van der Waals surface area contributed by atoms with E-state index in [0.29, 0.717) is 11.8 Å². The van der Waals surface area contributed by atoms with Gasteiger partial charge in [0.25, 0.3) is 0 Å². The molecule has 4 heteroatoms. The molecule has 0 aromatic carbocycles. The molecular formula is C13H19NO3. The number of hydrogen-bond acceptors (Lipinski definition) is 2. The van der Waals surface area contributed by atoms with E-state index in [-0.39, 0.29) is 24.4 Å². The number of carbonyl (C=O) groups excluding carboxylic acids is 1. The van der Waals surface area contributed by atoms with E-state index in [1.54, 1.807) is 4.90 Å². The second kappa shape index (κ2) is 4.00. The molecule has 3 saturated carbocycles. The summed E-state index contributed by atoms with van der Waals surface area (Å²) in [4.78, 5) is 24.8. The Hall–Kier alpha value is -1.06. The van der Waals surface area contributed by atoms with Gasteiger partial charge < -0.3 is 10.0 Å². The lowest BCUT2D eigenvalue weighted by Gasteiger charge is -2.20. The standard InChI is InChI=1S/C13H19NO3/c15-11(16)7-14(8-5-6-8)13(17)12-9-3-1-2-4-10(9)12/h8-10,12H,1-7H2,(H,15,16). The first-order chi connectivity index (χ1) is 8.18. The minimum absolute atomic E-state index is 0.0978. The minimum Gasteiger partial charge on any atom is -0.480 e. The molecule has 4 nitrogen and oxygen atoms in total. The monoisotopic (exact) mass is 237 g/mol. The molecule has 0 aromatic heterocycles. The number of nitrogens with zero attached hydrogens (tertiary/aromatic N) is 1. The van der Waals surface area contributed by atoms with Crippen molar-refractivity contribution < 1.29 is 14.7 Å². The van der Waals surface area contributed by atoms with E-state index < -0.39 is 5.97 Å². The van der Waals surface area contributed by atoms with Gasteiger partial charge in [-0.3, -0.25) is 9.59 Å². The van der Waals surface area contributed by atoms with E-state index in [1.807, 2.05) is 0 Å². The quantitative estimate of drug-likeness (QED) is 0.806. The van der Waals surface area contributed by atoms with Crippen LogP contribution in [0, 0.1) is 17.8 Å². The Morgan fingerprint density at radius 1 is 1.06 bits per heavy atom. The normalized spacial score (nSPS) is 34.9. The van der Waals surface area contributed by atoms with Gasteiger partial charge in [-0.2, -0.15) is 0 Å². The molecule has 1 N–H and O–H groups in total. The van der Waals surface area contributed by atoms with Crippen molar-refractivity contribution in [1.29, 1.82) is 0 Å². The van der Waals surface area contributed by atoms with Crippen molar-refractivity contribution in [3.8, 4) is 0 Å². The first-order valence-electron chi connectivity index (χ1n) is 6.71. The minimum atomic E-state index is -0.881. The van der Waals surface area contributed by atoms with Crippen LogP contribution in [0.15, 0.2) is 0 Å². The molecule has 3 aliphatic rings. The molecular weight excluding hydrogens is 218 g/mol. The number of aliphatic carboxylic acids is 1. The fraction of sp³-hybridized carbons (Fsp3) is 0.846. The van der Waals surface area contributed by atoms with Crippen molar-refractivity contribution in [2.24, 2.45) is 17.8 Å². The van der Waals surface area contributed by atoms with Crippen LogP contribution in [0.4, 0.5) is 0 Å². The summed E-state index contributed by atoms with van der Waals surface area (Å²) in [7, 11) is 0. The largest absolute Gasteiger partial charge is 0.480 e. The maximum absolute atomic E-state index is 12.4. The van der Waals surface area contributed by atoms with Gasteiger partial charge >= 0.3 is 5.97 Å². The lowest BCUT2D eigenvalue weighted by Crippen LogP contribution is -2.39. The van der Waals surface area contributed by atoms with Crippen molar-refractivity contribution >= 4 is 11.9 Å². The number of rotatable bonds is 4. The summed E-state index contributed by atoms with van der Waals surface area (Å²) in [5.74, 6) is 0.565. The summed E-state index contributed by atoms with van der Waals surface area (Å²) in [5, 5.41) is 8.88. The number of hydrogen-bond donors (Lipinski definition) is 1. The number of carbonyl (C=O) groups is 2. The van der Waals surface area contributed by atoms with Crippen molar-refractivity contribution in [1.82, 2.24) is 4.90 Å². The number of carboxylic acids is 1. The van der Waals surface area contributed by atoms with Gasteiger partial charge in [-0.25, -0.2) is 0 Å². The van der Waals surface area contributed by atoms with Gasteiger partial charge in [0.15, 0.2) is 0 Å². The van der Waals surface area contributed by atoms with Crippen LogP contribution in [-0.2, 0) is 9.59 Å². The van der Waals surface area contributed by atoms with Crippen LogP contribution in [0.1, 0.15) is 38.5 Å². The Kier molecular flexibility index (Phi) is 2.60. The second-order valence-electron chi connectivity index (χ2n) is 5.73. The summed E-state index contributed by atoms with van der Waals surface area (Å²) >= 11 is 0. The predicted molar refractivity (Wildman–Crippen MR) is 61.3 cm³/mol. The van der Waals surface area contributed by atoms with Crippen LogP contribution >= 0.6 is 0 Å². The Morgan fingerprint density at radius 3 is 2.12 bits per heavy atom. The molecule has 3 aliphatic carbocycles. The third kappa shape index (κ3) is 2.05. The fourth-order valence-corrected chi connectivity index (χ4v) is 3.47. The van der Waals surface area contributed by atoms with Crippen LogP contribution in [-0.4, -0.2) is 34.5 Å². The van der Waals surface area contributed by atoms with E-state index in [4.69, 9.17) is 5.11 Å². The molecule has 2 unspecified atom stereocenters. The molecule has 3 rings (SSSR count). The van der Waals surface area contributed by atoms with E-state index in [9.17, 15) is 9.59 Å². The molecule has 0 aliphatic heterocycles. The molecule has 17 heavy (non-hydrogen) atoms.